The van der Waals surface area contributed by atoms with Gasteiger partial charge >= 0.3 is 11.8 Å². The van der Waals surface area contributed by atoms with Crippen molar-refractivity contribution in [3.05, 3.63) is 38.4 Å². The van der Waals surface area contributed by atoms with Gasteiger partial charge in [-0.3, -0.25) is 19.2 Å². The lowest BCUT2D eigenvalue weighted by molar-refractivity contribution is -0.137. The van der Waals surface area contributed by atoms with Crippen molar-refractivity contribution in [2.24, 2.45) is 5.92 Å². The van der Waals surface area contributed by atoms with Crippen LogP contribution < -0.4 is 16.0 Å². The molecule has 3 heterocycles. The number of carbonyl (C=O) groups excluding carboxylic acids is 4. The molecule has 1 aliphatic heterocycles. The Morgan fingerprint density at radius 3 is 2.61 bits per heavy atom. The fraction of sp³-hybridized carbons (Fsp3) is 0.520. The molecule has 2 aromatic heterocycles. The number of nitrogens with one attached hydrogen (secondary N) is 3. The van der Waals surface area contributed by atoms with Gasteiger partial charge in [-0.1, -0.05) is 11.6 Å². The van der Waals surface area contributed by atoms with Crippen molar-refractivity contribution in [1.29, 1.82) is 0 Å². The molecule has 1 fully saturated rings. The molecule has 4 rings (SSSR count). The quantitative estimate of drug-likeness (QED) is 0.472. The van der Waals surface area contributed by atoms with Gasteiger partial charge in [0.25, 0.3) is 5.91 Å². The molecule has 4 amide bonds. The van der Waals surface area contributed by atoms with E-state index in [9.17, 15) is 19.2 Å². The zero-order valence-electron chi connectivity index (χ0n) is 21.8. The number of hydrogen-bond donors (Lipinski definition) is 3. The summed E-state index contributed by atoms with van der Waals surface area (Å²) in [7, 11) is 5.41. The Labute approximate surface area is 230 Å². The predicted molar refractivity (Wildman–Crippen MR) is 144 cm³/mol. The van der Waals surface area contributed by atoms with E-state index >= 15 is 0 Å². The average molecular weight is 562 g/mol. The Morgan fingerprint density at radius 2 is 1.89 bits per heavy atom. The molecule has 13 heteroatoms. The first-order chi connectivity index (χ1) is 18.0. The first-order valence-corrected chi connectivity index (χ1v) is 13.6. The van der Waals surface area contributed by atoms with Gasteiger partial charge in [0.2, 0.25) is 5.91 Å². The van der Waals surface area contributed by atoms with Crippen LogP contribution >= 0.6 is 22.9 Å². The minimum Gasteiger partial charge on any atom is -0.349 e. The average Bonchev–Trinajstić information content (AvgIpc) is 3.30. The van der Waals surface area contributed by atoms with E-state index in [-0.39, 0.29) is 23.6 Å². The van der Waals surface area contributed by atoms with E-state index < -0.39 is 23.9 Å². The van der Waals surface area contributed by atoms with Crippen molar-refractivity contribution in [2.45, 2.75) is 51.2 Å². The molecule has 0 bridgehead atoms. The van der Waals surface area contributed by atoms with E-state index in [0.717, 1.165) is 30.1 Å². The molecular weight excluding hydrogens is 530 g/mol. The number of likely N-dealkylation sites (N-methyl/N-ethyl adjacent to an activating group) is 1. The molecule has 3 N–H and O–H groups in total. The number of nitrogens with zero attached hydrogens (tertiary/aromatic N) is 4. The predicted octanol–water partition coefficient (Wildman–Crippen LogP) is 1.60. The minimum atomic E-state index is -0.882. The van der Waals surface area contributed by atoms with E-state index in [4.69, 9.17) is 11.6 Å². The van der Waals surface area contributed by atoms with Gasteiger partial charge in [0.05, 0.1) is 16.8 Å². The Morgan fingerprint density at radius 1 is 1.13 bits per heavy atom. The number of fused-ring (bicyclic) bond motifs is 1. The van der Waals surface area contributed by atoms with Crippen LogP contribution in [0.3, 0.4) is 0 Å². The molecule has 11 nitrogen and oxygen atoms in total. The summed E-state index contributed by atoms with van der Waals surface area (Å²) in [6, 6.07) is 0.477. The minimum absolute atomic E-state index is 0.0382. The zero-order valence-corrected chi connectivity index (χ0v) is 23.4. The van der Waals surface area contributed by atoms with Gasteiger partial charge in [-0.2, -0.15) is 0 Å². The van der Waals surface area contributed by atoms with Crippen molar-refractivity contribution < 1.29 is 19.2 Å². The number of thiazole rings is 1. The molecule has 0 radical (unpaired) electrons. The number of carbonyl (C=O) groups is 4. The fourth-order valence-electron chi connectivity index (χ4n) is 4.76. The lowest BCUT2D eigenvalue weighted by atomic mass is 9.81. The summed E-state index contributed by atoms with van der Waals surface area (Å²) in [6.45, 7) is 3.40. The first-order valence-electron chi connectivity index (χ1n) is 12.4. The summed E-state index contributed by atoms with van der Waals surface area (Å²) < 4.78 is 0. The second-order valence-corrected chi connectivity index (χ2v) is 11.5. The summed E-state index contributed by atoms with van der Waals surface area (Å²) in [4.78, 5) is 64.6. The number of anilines is 1. The SMILES string of the molecule is Cc1cc(NC(=O)C(=O)N[C@H]2CC[C@H](C(=O)N(C)C)C[C@H]2NC(=O)c2nc3c(s2)CN(C)CC3)ncc1Cl. The Balaban J connectivity index is 1.46. The molecule has 0 aromatic carbocycles. The zero-order chi connectivity index (χ0) is 27.6. The van der Waals surface area contributed by atoms with Crippen LogP contribution in [0.5, 0.6) is 0 Å². The summed E-state index contributed by atoms with van der Waals surface area (Å²) in [5.74, 6) is -2.23. The van der Waals surface area contributed by atoms with Gasteiger partial charge in [-0.25, -0.2) is 9.97 Å². The van der Waals surface area contributed by atoms with Crippen LogP contribution in [-0.2, 0) is 27.3 Å². The van der Waals surface area contributed by atoms with Crippen LogP contribution in [0, 0.1) is 12.8 Å². The lowest BCUT2D eigenvalue weighted by Crippen LogP contribution is -2.57. The van der Waals surface area contributed by atoms with Crippen molar-refractivity contribution >= 4 is 52.4 Å². The van der Waals surface area contributed by atoms with E-state index in [2.05, 4.69) is 30.8 Å². The smallest absolute Gasteiger partial charge is 0.314 e. The van der Waals surface area contributed by atoms with Crippen LogP contribution in [0.4, 0.5) is 5.82 Å². The van der Waals surface area contributed by atoms with Crippen LogP contribution in [0.25, 0.3) is 0 Å². The van der Waals surface area contributed by atoms with Crippen molar-refractivity contribution in [2.75, 3.05) is 33.0 Å². The highest BCUT2D eigenvalue weighted by molar-refractivity contribution is 7.13. The summed E-state index contributed by atoms with van der Waals surface area (Å²) >= 11 is 7.34. The highest BCUT2D eigenvalue weighted by Gasteiger charge is 2.37. The van der Waals surface area contributed by atoms with Crippen molar-refractivity contribution in [1.82, 2.24) is 30.4 Å². The summed E-state index contributed by atoms with van der Waals surface area (Å²) in [5.41, 5.74) is 1.65. The van der Waals surface area contributed by atoms with E-state index in [0.29, 0.717) is 34.9 Å². The number of amides is 4. The number of halogens is 1. The number of hydrogen-bond acceptors (Lipinski definition) is 8. The van der Waals surface area contributed by atoms with Crippen molar-refractivity contribution in [3.63, 3.8) is 0 Å². The molecule has 2 aromatic rings. The van der Waals surface area contributed by atoms with Crippen LogP contribution in [0.15, 0.2) is 12.3 Å². The van der Waals surface area contributed by atoms with Crippen LogP contribution in [0.1, 0.15) is 45.2 Å². The molecule has 204 valence electrons. The second-order valence-electron chi connectivity index (χ2n) is 10.1. The highest BCUT2D eigenvalue weighted by Crippen LogP contribution is 2.28. The largest absolute Gasteiger partial charge is 0.349 e. The maximum atomic E-state index is 13.2. The van der Waals surface area contributed by atoms with Gasteiger partial charge in [-0.15, -0.1) is 11.3 Å². The Hall–Kier alpha value is -3.09. The number of aromatic nitrogens is 2. The molecular formula is C25H32ClN7O4S. The van der Waals surface area contributed by atoms with E-state index in [1.165, 1.54) is 22.4 Å². The third kappa shape index (κ3) is 6.48. The molecule has 2 aliphatic rings. The molecule has 38 heavy (non-hydrogen) atoms. The van der Waals surface area contributed by atoms with E-state index in [1.807, 2.05) is 7.05 Å². The van der Waals surface area contributed by atoms with Gasteiger partial charge in [0.15, 0.2) is 5.01 Å². The highest BCUT2D eigenvalue weighted by atomic mass is 35.5. The van der Waals surface area contributed by atoms with Crippen molar-refractivity contribution in [3.8, 4) is 0 Å². The Bertz CT molecular complexity index is 1250. The van der Waals surface area contributed by atoms with Gasteiger partial charge in [0.1, 0.15) is 5.82 Å². The topological polar surface area (TPSA) is 137 Å². The fourth-order valence-corrected chi connectivity index (χ4v) is 5.95. The number of rotatable bonds is 5. The molecule has 0 saturated heterocycles. The van der Waals surface area contributed by atoms with Gasteiger partial charge < -0.3 is 25.8 Å². The molecule has 3 atom stereocenters. The van der Waals surface area contributed by atoms with Crippen LogP contribution in [0.2, 0.25) is 5.02 Å². The van der Waals surface area contributed by atoms with Crippen LogP contribution in [-0.4, -0.2) is 83.2 Å². The maximum Gasteiger partial charge on any atom is 0.314 e. The lowest BCUT2D eigenvalue weighted by Gasteiger charge is -2.37. The molecule has 1 saturated carbocycles. The second kappa shape index (κ2) is 11.7. The molecule has 1 aliphatic carbocycles. The van der Waals surface area contributed by atoms with E-state index in [1.54, 1.807) is 27.1 Å². The third-order valence-corrected chi connectivity index (χ3v) is 8.36. The standard InChI is InChI=1S/C25H32ClN7O4S/c1-13-9-20(27-11-15(13)26)31-22(35)21(34)28-16-6-5-14(25(37)32(2)3)10-18(16)29-23(36)24-30-17-7-8-33(4)12-19(17)38-24/h9,11,14,16,18H,5-8,10,12H2,1-4H3,(H,28,34)(H,29,36)(H,27,31,35)/t14-,16-,18+/m0/s1. The van der Waals surface area contributed by atoms with Gasteiger partial charge in [-0.05, 0) is 44.9 Å². The molecule has 0 unspecified atom stereocenters. The summed E-state index contributed by atoms with van der Waals surface area (Å²) in [6.07, 6.45) is 3.46. The normalized spacial score (nSPS) is 21.2. The summed E-state index contributed by atoms with van der Waals surface area (Å²) in [5, 5.41) is 9.02. The number of aryl methyl sites for hydroxylation is 1. The Kier molecular flexibility index (Phi) is 8.64. The third-order valence-electron chi connectivity index (χ3n) is 6.88. The van der Waals surface area contributed by atoms with Gasteiger partial charge in [0, 0.05) is 56.6 Å². The first kappa shape index (κ1) is 27.9. The monoisotopic (exact) mass is 561 g/mol. The maximum absolute atomic E-state index is 13.2. The number of pyridine rings is 1. The molecule has 0 spiro atoms.